The molecule has 1 aliphatic rings. The quantitative estimate of drug-likeness (QED) is 0.819. The van der Waals surface area contributed by atoms with E-state index in [0.29, 0.717) is 6.04 Å². The summed E-state index contributed by atoms with van der Waals surface area (Å²) in [5, 5.41) is 5.74. The summed E-state index contributed by atoms with van der Waals surface area (Å²) < 4.78 is 0. The van der Waals surface area contributed by atoms with E-state index < -0.39 is 0 Å². The van der Waals surface area contributed by atoms with Crippen molar-refractivity contribution in [1.29, 1.82) is 0 Å². The van der Waals surface area contributed by atoms with Crippen molar-refractivity contribution >= 4 is 23.7 Å². The van der Waals surface area contributed by atoms with Crippen LogP contribution in [0.25, 0.3) is 0 Å². The lowest BCUT2D eigenvalue weighted by atomic mass is 9.93. The Balaban J connectivity index is 0.000000963. The SMILES string of the molecule is Cl.c1csc([C@@H]2NCCc3ccccc32)c1. The smallest absolute Gasteiger partial charge is 0.0673 e. The standard InChI is InChI=1S/C13H13NS.ClH/c1-2-5-11-10(4-1)7-8-14-13(11)12-6-3-9-15-12;/h1-6,9,13-14H,7-8H2;1H/t13-;/m1./s1. The van der Waals surface area contributed by atoms with Crippen molar-refractivity contribution in [2.24, 2.45) is 0 Å². The number of nitrogens with one attached hydrogen (secondary N) is 1. The first-order valence-corrected chi connectivity index (χ1v) is 6.18. The average molecular weight is 252 g/mol. The molecule has 1 atom stereocenters. The molecule has 0 unspecified atom stereocenters. The number of halogens is 1. The Morgan fingerprint density at radius 3 is 2.81 bits per heavy atom. The van der Waals surface area contributed by atoms with Gasteiger partial charge in [0.25, 0.3) is 0 Å². The maximum absolute atomic E-state index is 3.59. The fraction of sp³-hybridized carbons (Fsp3) is 0.231. The van der Waals surface area contributed by atoms with Crippen molar-refractivity contribution in [2.75, 3.05) is 6.54 Å². The molecule has 3 heteroatoms. The Bertz CT molecular complexity index is 453. The Hall–Kier alpha value is -0.830. The van der Waals surface area contributed by atoms with Gasteiger partial charge in [-0.2, -0.15) is 0 Å². The molecule has 0 spiro atoms. The number of rotatable bonds is 1. The van der Waals surface area contributed by atoms with Gasteiger partial charge in [0, 0.05) is 11.4 Å². The molecule has 0 bridgehead atoms. The first-order chi connectivity index (χ1) is 7.45. The molecule has 1 aromatic heterocycles. The van der Waals surface area contributed by atoms with Gasteiger partial charge >= 0.3 is 0 Å². The molecule has 0 saturated carbocycles. The van der Waals surface area contributed by atoms with Gasteiger partial charge in [0.15, 0.2) is 0 Å². The highest BCUT2D eigenvalue weighted by Gasteiger charge is 2.20. The molecule has 0 saturated heterocycles. The third-order valence-electron chi connectivity index (χ3n) is 2.94. The average Bonchev–Trinajstić information content (AvgIpc) is 2.82. The molecule has 0 aliphatic carbocycles. The fourth-order valence-corrected chi connectivity index (χ4v) is 3.03. The summed E-state index contributed by atoms with van der Waals surface area (Å²) in [6.07, 6.45) is 1.15. The molecule has 1 aromatic carbocycles. The topological polar surface area (TPSA) is 12.0 Å². The highest BCUT2D eigenvalue weighted by molar-refractivity contribution is 7.10. The number of thiophene rings is 1. The number of hydrogen-bond donors (Lipinski definition) is 1. The van der Waals surface area contributed by atoms with Crippen LogP contribution in [0.5, 0.6) is 0 Å². The molecule has 2 heterocycles. The highest BCUT2D eigenvalue weighted by Crippen LogP contribution is 2.30. The van der Waals surface area contributed by atoms with E-state index in [9.17, 15) is 0 Å². The minimum atomic E-state index is 0. The molecule has 3 rings (SSSR count). The third-order valence-corrected chi connectivity index (χ3v) is 3.87. The van der Waals surface area contributed by atoms with Gasteiger partial charge in [0.05, 0.1) is 6.04 Å². The van der Waals surface area contributed by atoms with Gasteiger partial charge in [0.2, 0.25) is 0 Å². The van der Waals surface area contributed by atoms with Crippen molar-refractivity contribution in [2.45, 2.75) is 12.5 Å². The first-order valence-electron chi connectivity index (χ1n) is 5.30. The van der Waals surface area contributed by atoms with Crippen molar-refractivity contribution in [3.63, 3.8) is 0 Å². The van der Waals surface area contributed by atoms with E-state index in [2.05, 4.69) is 47.1 Å². The maximum Gasteiger partial charge on any atom is 0.0673 e. The molecule has 84 valence electrons. The number of fused-ring (bicyclic) bond motifs is 1. The molecule has 1 N–H and O–H groups in total. The van der Waals surface area contributed by atoms with Crippen LogP contribution in [-0.2, 0) is 6.42 Å². The van der Waals surface area contributed by atoms with Crippen LogP contribution >= 0.6 is 23.7 Å². The van der Waals surface area contributed by atoms with Gasteiger partial charge < -0.3 is 5.32 Å². The van der Waals surface area contributed by atoms with Crippen molar-refractivity contribution < 1.29 is 0 Å². The lowest BCUT2D eigenvalue weighted by molar-refractivity contribution is 0.575. The Morgan fingerprint density at radius 1 is 1.12 bits per heavy atom. The van der Waals surface area contributed by atoms with Gasteiger partial charge in [-0.25, -0.2) is 0 Å². The second-order valence-corrected chi connectivity index (χ2v) is 4.83. The van der Waals surface area contributed by atoms with Crippen LogP contribution in [0.2, 0.25) is 0 Å². The second-order valence-electron chi connectivity index (χ2n) is 3.85. The highest BCUT2D eigenvalue weighted by atomic mass is 35.5. The van der Waals surface area contributed by atoms with Crippen LogP contribution in [0.15, 0.2) is 41.8 Å². The molecule has 1 aliphatic heterocycles. The normalized spacial score (nSPS) is 18.6. The molecular weight excluding hydrogens is 238 g/mol. The fourth-order valence-electron chi connectivity index (χ4n) is 2.21. The first kappa shape index (κ1) is 11.6. The van der Waals surface area contributed by atoms with Gasteiger partial charge in [-0.05, 0) is 29.0 Å². The molecule has 0 amide bonds. The largest absolute Gasteiger partial charge is 0.305 e. The Labute approximate surface area is 106 Å². The van der Waals surface area contributed by atoms with E-state index in [1.54, 1.807) is 0 Å². The summed E-state index contributed by atoms with van der Waals surface area (Å²) in [5.41, 5.74) is 2.95. The monoisotopic (exact) mass is 251 g/mol. The van der Waals surface area contributed by atoms with E-state index in [-0.39, 0.29) is 12.4 Å². The van der Waals surface area contributed by atoms with Gasteiger partial charge in [0.1, 0.15) is 0 Å². The summed E-state index contributed by atoms with van der Waals surface area (Å²) in [6, 6.07) is 13.5. The zero-order valence-electron chi connectivity index (χ0n) is 8.85. The van der Waals surface area contributed by atoms with E-state index in [1.807, 2.05) is 11.3 Å². The van der Waals surface area contributed by atoms with Crippen LogP contribution < -0.4 is 5.32 Å². The summed E-state index contributed by atoms with van der Waals surface area (Å²) >= 11 is 1.83. The molecule has 0 radical (unpaired) electrons. The summed E-state index contributed by atoms with van der Waals surface area (Å²) in [5.74, 6) is 0. The lowest BCUT2D eigenvalue weighted by Crippen LogP contribution is -2.29. The summed E-state index contributed by atoms with van der Waals surface area (Å²) in [6.45, 7) is 1.08. The zero-order valence-corrected chi connectivity index (χ0v) is 10.5. The molecule has 2 aromatic rings. The molecular formula is C13H14ClNS. The van der Waals surface area contributed by atoms with Crippen LogP contribution in [0.3, 0.4) is 0 Å². The van der Waals surface area contributed by atoms with Crippen LogP contribution in [-0.4, -0.2) is 6.54 Å². The van der Waals surface area contributed by atoms with Crippen molar-refractivity contribution in [3.8, 4) is 0 Å². The Morgan fingerprint density at radius 2 is 2.00 bits per heavy atom. The van der Waals surface area contributed by atoms with Crippen molar-refractivity contribution in [1.82, 2.24) is 5.32 Å². The van der Waals surface area contributed by atoms with E-state index in [4.69, 9.17) is 0 Å². The van der Waals surface area contributed by atoms with Gasteiger partial charge in [-0.15, -0.1) is 23.7 Å². The lowest BCUT2D eigenvalue weighted by Gasteiger charge is -2.26. The summed E-state index contributed by atoms with van der Waals surface area (Å²) in [7, 11) is 0. The summed E-state index contributed by atoms with van der Waals surface area (Å²) in [4.78, 5) is 1.42. The minimum Gasteiger partial charge on any atom is -0.305 e. The molecule has 16 heavy (non-hydrogen) atoms. The Kier molecular flexibility index (Phi) is 3.64. The zero-order chi connectivity index (χ0) is 10.1. The minimum absolute atomic E-state index is 0. The predicted octanol–water partition coefficient (Wildman–Crippen LogP) is 3.41. The van der Waals surface area contributed by atoms with E-state index >= 15 is 0 Å². The molecule has 1 nitrogen and oxygen atoms in total. The van der Waals surface area contributed by atoms with Gasteiger partial charge in [-0.3, -0.25) is 0 Å². The van der Waals surface area contributed by atoms with Crippen molar-refractivity contribution in [3.05, 3.63) is 57.8 Å². The maximum atomic E-state index is 3.59. The number of hydrogen-bond acceptors (Lipinski definition) is 2. The van der Waals surface area contributed by atoms with Crippen LogP contribution in [0, 0.1) is 0 Å². The second kappa shape index (κ2) is 5.00. The van der Waals surface area contributed by atoms with Gasteiger partial charge in [-0.1, -0.05) is 30.3 Å². The van der Waals surface area contributed by atoms with Crippen LogP contribution in [0.1, 0.15) is 22.0 Å². The third kappa shape index (κ3) is 2.01. The molecule has 0 fully saturated rings. The van der Waals surface area contributed by atoms with E-state index in [1.165, 1.54) is 16.0 Å². The van der Waals surface area contributed by atoms with E-state index in [0.717, 1.165) is 13.0 Å². The van der Waals surface area contributed by atoms with Crippen LogP contribution in [0.4, 0.5) is 0 Å². The predicted molar refractivity (Wildman–Crippen MR) is 71.6 cm³/mol. The number of benzene rings is 1.